The van der Waals surface area contributed by atoms with Gasteiger partial charge in [-0.2, -0.15) is 5.10 Å². The molecule has 120 valence electrons. The molecule has 0 heterocycles. The van der Waals surface area contributed by atoms with Gasteiger partial charge in [0.05, 0.1) is 12.8 Å². The molecular weight excluding hydrogens is 310 g/mol. The van der Waals surface area contributed by atoms with Gasteiger partial charge in [-0.3, -0.25) is 5.43 Å². The van der Waals surface area contributed by atoms with E-state index in [1.165, 1.54) is 0 Å². The highest BCUT2D eigenvalue weighted by molar-refractivity contribution is 7.80. The fourth-order valence-electron chi connectivity index (χ4n) is 1.87. The molecule has 0 bridgehead atoms. The van der Waals surface area contributed by atoms with Crippen LogP contribution < -0.4 is 15.5 Å². The predicted molar refractivity (Wildman–Crippen MR) is 95.9 cm³/mol. The Balaban J connectivity index is 1.84. The van der Waals surface area contributed by atoms with Crippen molar-refractivity contribution >= 4 is 23.5 Å². The van der Waals surface area contributed by atoms with Crippen LogP contribution in [0.15, 0.2) is 53.6 Å². The Labute approximate surface area is 141 Å². The molecule has 0 aliphatic carbocycles. The van der Waals surface area contributed by atoms with Crippen LogP contribution in [-0.4, -0.2) is 23.0 Å². The fraction of sp³-hybridized carbons (Fsp3) is 0.176. The summed E-state index contributed by atoms with van der Waals surface area (Å²) in [5.74, 6) is 0.540. The Morgan fingerprint density at radius 2 is 2.04 bits per heavy atom. The van der Waals surface area contributed by atoms with Crippen LogP contribution >= 0.6 is 12.2 Å². The normalized spacial score (nSPS) is 10.5. The zero-order valence-corrected chi connectivity index (χ0v) is 13.6. The molecule has 2 aromatic rings. The van der Waals surface area contributed by atoms with Crippen molar-refractivity contribution in [2.24, 2.45) is 5.10 Å². The first kappa shape index (κ1) is 16.8. The van der Waals surface area contributed by atoms with E-state index in [9.17, 15) is 5.11 Å². The molecule has 0 radical (unpaired) electrons. The van der Waals surface area contributed by atoms with Crippen LogP contribution in [0.3, 0.4) is 0 Å². The monoisotopic (exact) mass is 329 g/mol. The number of hydrogen-bond acceptors (Lipinski definition) is 4. The van der Waals surface area contributed by atoms with Gasteiger partial charge in [-0.1, -0.05) is 30.3 Å². The molecule has 0 saturated heterocycles. The summed E-state index contributed by atoms with van der Waals surface area (Å²) in [4.78, 5) is 0. The van der Waals surface area contributed by atoms with Crippen molar-refractivity contribution in [3.63, 3.8) is 0 Å². The number of nitrogens with one attached hydrogen (secondary N) is 2. The van der Waals surface area contributed by atoms with E-state index in [-0.39, 0.29) is 5.75 Å². The summed E-state index contributed by atoms with van der Waals surface area (Å²) in [5.41, 5.74) is 4.69. The standard InChI is InChI=1S/C17H19N3O2S/c1-2-22-16-10-14(8-9-15(16)21)12-19-20-17(23)18-11-13-6-4-3-5-7-13/h3-10,12,21H,2,11H2,1H3,(H2,18,20,23). The molecule has 5 nitrogen and oxygen atoms in total. The number of thiocarbonyl (C=S) groups is 1. The summed E-state index contributed by atoms with van der Waals surface area (Å²) < 4.78 is 5.32. The Morgan fingerprint density at radius 1 is 1.26 bits per heavy atom. The molecule has 3 N–H and O–H groups in total. The van der Waals surface area contributed by atoms with Crippen molar-refractivity contribution in [2.75, 3.05) is 6.61 Å². The highest BCUT2D eigenvalue weighted by Gasteiger charge is 2.02. The smallest absolute Gasteiger partial charge is 0.187 e. The third kappa shape index (κ3) is 5.60. The van der Waals surface area contributed by atoms with Crippen LogP contribution in [0.4, 0.5) is 0 Å². The second kappa shape index (κ2) is 8.75. The summed E-state index contributed by atoms with van der Waals surface area (Å²) >= 11 is 5.16. The number of phenolic OH excluding ortho intramolecular Hbond substituents is 1. The third-order valence-electron chi connectivity index (χ3n) is 2.96. The van der Waals surface area contributed by atoms with E-state index in [2.05, 4.69) is 15.8 Å². The van der Waals surface area contributed by atoms with Crippen molar-refractivity contribution < 1.29 is 9.84 Å². The molecule has 0 atom stereocenters. The van der Waals surface area contributed by atoms with Gasteiger partial charge >= 0.3 is 0 Å². The van der Waals surface area contributed by atoms with Gasteiger partial charge in [0.1, 0.15) is 0 Å². The van der Waals surface area contributed by atoms with Crippen molar-refractivity contribution in [2.45, 2.75) is 13.5 Å². The van der Waals surface area contributed by atoms with Gasteiger partial charge in [0, 0.05) is 6.54 Å². The first-order chi connectivity index (χ1) is 11.2. The number of rotatable bonds is 6. The van der Waals surface area contributed by atoms with E-state index >= 15 is 0 Å². The summed E-state index contributed by atoms with van der Waals surface area (Å²) in [7, 11) is 0. The Kier molecular flexibility index (Phi) is 6.38. The maximum Gasteiger partial charge on any atom is 0.187 e. The van der Waals surface area contributed by atoms with Crippen molar-refractivity contribution in [3.05, 3.63) is 59.7 Å². The highest BCUT2D eigenvalue weighted by atomic mass is 32.1. The highest BCUT2D eigenvalue weighted by Crippen LogP contribution is 2.26. The molecule has 0 amide bonds. The number of hydrogen-bond donors (Lipinski definition) is 3. The first-order valence-electron chi connectivity index (χ1n) is 7.25. The van der Waals surface area contributed by atoms with E-state index in [0.717, 1.165) is 11.1 Å². The number of hydrazone groups is 1. The van der Waals surface area contributed by atoms with E-state index in [1.54, 1.807) is 24.4 Å². The summed E-state index contributed by atoms with van der Waals surface area (Å²) in [6.07, 6.45) is 1.61. The van der Waals surface area contributed by atoms with Crippen LogP contribution in [0.25, 0.3) is 0 Å². The van der Waals surface area contributed by atoms with Gasteiger partial charge in [0.25, 0.3) is 0 Å². The minimum absolute atomic E-state index is 0.108. The molecular formula is C17H19N3O2S. The minimum atomic E-state index is 0.108. The fourth-order valence-corrected chi connectivity index (χ4v) is 1.99. The molecule has 0 saturated carbocycles. The second-order valence-electron chi connectivity index (χ2n) is 4.70. The lowest BCUT2D eigenvalue weighted by Crippen LogP contribution is -2.31. The van der Waals surface area contributed by atoms with Crippen molar-refractivity contribution in [1.29, 1.82) is 0 Å². The molecule has 0 aliphatic heterocycles. The number of aromatic hydroxyl groups is 1. The van der Waals surface area contributed by atoms with E-state index in [4.69, 9.17) is 17.0 Å². The SMILES string of the molecule is CCOc1cc(C=NNC(=S)NCc2ccccc2)ccc1O. The number of phenols is 1. The van der Waals surface area contributed by atoms with Gasteiger partial charge in [0.2, 0.25) is 0 Å². The maximum atomic E-state index is 9.64. The summed E-state index contributed by atoms with van der Waals surface area (Å²) in [5, 5.41) is 17.2. The van der Waals surface area contributed by atoms with E-state index in [0.29, 0.717) is 24.0 Å². The Hall–Kier alpha value is -2.60. The quantitative estimate of drug-likeness (QED) is 0.432. The molecule has 0 fully saturated rings. The average molecular weight is 329 g/mol. The minimum Gasteiger partial charge on any atom is -0.504 e. The molecule has 6 heteroatoms. The van der Waals surface area contributed by atoms with Gasteiger partial charge in [0.15, 0.2) is 16.6 Å². The number of benzene rings is 2. The van der Waals surface area contributed by atoms with E-state index < -0.39 is 0 Å². The van der Waals surface area contributed by atoms with Crippen LogP contribution in [0, 0.1) is 0 Å². The summed E-state index contributed by atoms with van der Waals surface area (Å²) in [6.45, 7) is 2.98. The molecule has 23 heavy (non-hydrogen) atoms. The van der Waals surface area contributed by atoms with Gasteiger partial charge in [-0.25, -0.2) is 0 Å². The molecule has 2 aromatic carbocycles. The number of nitrogens with zero attached hydrogens (tertiary/aromatic N) is 1. The van der Waals surface area contributed by atoms with Crippen molar-refractivity contribution in [3.8, 4) is 11.5 Å². The van der Waals surface area contributed by atoms with Crippen LogP contribution in [-0.2, 0) is 6.54 Å². The molecule has 0 aromatic heterocycles. The molecule has 0 spiro atoms. The van der Waals surface area contributed by atoms with Crippen LogP contribution in [0.1, 0.15) is 18.1 Å². The summed E-state index contributed by atoms with van der Waals surface area (Å²) in [6, 6.07) is 15.0. The topological polar surface area (TPSA) is 65.9 Å². The Bertz CT molecular complexity index is 675. The maximum absolute atomic E-state index is 9.64. The van der Waals surface area contributed by atoms with Crippen LogP contribution in [0.5, 0.6) is 11.5 Å². The zero-order chi connectivity index (χ0) is 16.5. The predicted octanol–water partition coefficient (Wildman–Crippen LogP) is 2.79. The third-order valence-corrected chi connectivity index (χ3v) is 3.19. The van der Waals surface area contributed by atoms with Crippen molar-refractivity contribution in [1.82, 2.24) is 10.7 Å². The largest absolute Gasteiger partial charge is 0.504 e. The van der Waals surface area contributed by atoms with Gasteiger partial charge < -0.3 is 15.2 Å². The Morgan fingerprint density at radius 3 is 2.78 bits per heavy atom. The van der Waals surface area contributed by atoms with Gasteiger partial charge in [-0.15, -0.1) is 0 Å². The lowest BCUT2D eigenvalue weighted by atomic mass is 10.2. The lowest BCUT2D eigenvalue weighted by molar-refractivity contribution is 0.318. The molecule has 2 rings (SSSR count). The van der Waals surface area contributed by atoms with Crippen LogP contribution in [0.2, 0.25) is 0 Å². The second-order valence-corrected chi connectivity index (χ2v) is 5.11. The van der Waals surface area contributed by atoms with Gasteiger partial charge in [-0.05, 0) is 48.5 Å². The zero-order valence-electron chi connectivity index (χ0n) is 12.8. The molecule has 0 aliphatic rings. The number of ether oxygens (including phenoxy) is 1. The molecule has 0 unspecified atom stereocenters. The lowest BCUT2D eigenvalue weighted by Gasteiger charge is -2.07. The van der Waals surface area contributed by atoms with E-state index in [1.807, 2.05) is 37.3 Å². The first-order valence-corrected chi connectivity index (χ1v) is 7.66. The average Bonchev–Trinajstić information content (AvgIpc) is 2.57.